The van der Waals surface area contributed by atoms with Crippen molar-refractivity contribution >= 4 is 5.91 Å². The molecule has 0 aliphatic carbocycles. The fourth-order valence-electron chi connectivity index (χ4n) is 2.98. The van der Waals surface area contributed by atoms with Crippen molar-refractivity contribution in [3.63, 3.8) is 0 Å². The minimum absolute atomic E-state index is 0.0935. The summed E-state index contributed by atoms with van der Waals surface area (Å²) in [5, 5.41) is 7.13. The van der Waals surface area contributed by atoms with Crippen LogP contribution < -0.4 is 10.1 Å². The van der Waals surface area contributed by atoms with Crippen LogP contribution in [0.15, 0.2) is 61.2 Å². The molecule has 1 N–H and O–H groups in total. The SMILES string of the molecule is C[C@@H](NC(=O)[C@H]1Cc2ccccc2O1)c1ccc(-n2cncn2)cc1. The Hall–Kier alpha value is -3.15. The molecule has 0 spiro atoms. The molecule has 0 unspecified atom stereocenters. The van der Waals surface area contributed by atoms with Gasteiger partial charge in [-0.15, -0.1) is 0 Å². The molecule has 2 heterocycles. The number of hydrogen-bond donors (Lipinski definition) is 1. The second-order valence-electron chi connectivity index (χ2n) is 6.08. The Morgan fingerprint density at radius 3 is 2.76 bits per heavy atom. The number of carbonyl (C=O) groups is 1. The first-order valence-electron chi connectivity index (χ1n) is 8.20. The van der Waals surface area contributed by atoms with Crippen molar-refractivity contribution in [1.82, 2.24) is 20.1 Å². The van der Waals surface area contributed by atoms with Crippen LogP contribution in [0.5, 0.6) is 5.75 Å². The first kappa shape index (κ1) is 15.4. The molecular weight excluding hydrogens is 316 g/mol. The molecule has 1 aliphatic heterocycles. The van der Waals surface area contributed by atoms with E-state index in [-0.39, 0.29) is 11.9 Å². The molecule has 3 aromatic rings. The minimum atomic E-state index is -0.464. The Bertz CT molecular complexity index is 850. The van der Waals surface area contributed by atoms with E-state index in [9.17, 15) is 4.79 Å². The average Bonchev–Trinajstić information content (AvgIpc) is 3.31. The Morgan fingerprint density at radius 1 is 1.24 bits per heavy atom. The van der Waals surface area contributed by atoms with Gasteiger partial charge in [-0.25, -0.2) is 9.67 Å². The van der Waals surface area contributed by atoms with Gasteiger partial charge in [0.15, 0.2) is 6.10 Å². The van der Waals surface area contributed by atoms with Crippen LogP contribution in [0.1, 0.15) is 24.1 Å². The van der Waals surface area contributed by atoms with Crippen LogP contribution in [0.4, 0.5) is 0 Å². The summed E-state index contributed by atoms with van der Waals surface area (Å²) >= 11 is 0. The van der Waals surface area contributed by atoms with Gasteiger partial charge in [0.05, 0.1) is 11.7 Å². The van der Waals surface area contributed by atoms with Gasteiger partial charge < -0.3 is 10.1 Å². The second kappa shape index (κ2) is 6.39. The zero-order chi connectivity index (χ0) is 17.2. The smallest absolute Gasteiger partial charge is 0.261 e. The summed E-state index contributed by atoms with van der Waals surface area (Å²) < 4.78 is 7.43. The van der Waals surface area contributed by atoms with Crippen LogP contribution >= 0.6 is 0 Å². The van der Waals surface area contributed by atoms with Gasteiger partial charge >= 0.3 is 0 Å². The summed E-state index contributed by atoms with van der Waals surface area (Å²) in [5.74, 6) is 0.705. The minimum Gasteiger partial charge on any atom is -0.480 e. The Kier molecular flexibility index (Phi) is 3.93. The Labute approximate surface area is 145 Å². The summed E-state index contributed by atoms with van der Waals surface area (Å²) in [6.07, 6.45) is 3.29. The number of para-hydroxylation sites is 1. The number of rotatable bonds is 4. The summed E-state index contributed by atoms with van der Waals surface area (Å²) in [5.41, 5.74) is 3.02. The predicted molar refractivity (Wildman–Crippen MR) is 92.5 cm³/mol. The van der Waals surface area contributed by atoms with E-state index in [1.807, 2.05) is 55.5 Å². The molecule has 1 amide bonds. The third-order valence-corrected chi connectivity index (χ3v) is 4.37. The van der Waals surface area contributed by atoms with Crippen LogP contribution in [-0.4, -0.2) is 26.8 Å². The Morgan fingerprint density at radius 2 is 2.04 bits per heavy atom. The summed E-state index contributed by atoms with van der Waals surface area (Å²) in [4.78, 5) is 16.4. The Balaban J connectivity index is 1.40. The molecule has 0 saturated heterocycles. The topological polar surface area (TPSA) is 69.0 Å². The fourth-order valence-corrected chi connectivity index (χ4v) is 2.98. The van der Waals surface area contributed by atoms with Gasteiger partial charge in [-0.05, 0) is 36.2 Å². The number of amides is 1. The molecule has 1 aliphatic rings. The summed E-state index contributed by atoms with van der Waals surface area (Å²) in [6.45, 7) is 1.96. The van der Waals surface area contributed by atoms with Gasteiger partial charge in [0.1, 0.15) is 18.4 Å². The normalized spacial score (nSPS) is 16.8. The van der Waals surface area contributed by atoms with Gasteiger partial charge in [-0.2, -0.15) is 5.10 Å². The predicted octanol–water partition coefficient (Wildman–Crippen LogP) is 2.45. The number of carbonyl (C=O) groups excluding carboxylic acids is 1. The number of hydrogen-bond acceptors (Lipinski definition) is 4. The number of aromatic nitrogens is 3. The van der Waals surface area contributed by atoms with Gasteiger partial charge in [0.2, 0.25) is 0 Å². The van der Waals surface area contributed by atoms with Crippen molar-refractivity contribution in [1.29, 1.82) is 0 Å². The summed E-state index contributed by atoms with van der Waals surface area (Å²) in [6, 6.07) is 15.5. The van der Waals surface area contributed by atoms with Crippen LogP contribution in [0.25, 0.3) is 5.69 Å². The zero-order valence-electron chi connectivity index (χ0n) is 13.8. The van der Waals surface area contributed by atoms with Crippen LogP contribution in [0, 0.1) is 0 Å². The molecule has 126 valence electrons. The molecule has 2 aromatic carbocycles. The van der Waals surface area contributed by atoms with Crippen molar-refractivity contribution in [3.05, 3.63) is 72.3 Å². The monoisotopic (exact) mass is 334 g/mol. The van der Waals surface area contributed by atoms with Crippen molar-refractivity contribution in [2.45, 2.75) is 25.5 Å². The third-order valence-electron chi connectivity index (χ3n) is 4.37. The lowest BCUT2D eigenvalue weighted by molar-refractivity contribution is -0.127. The standard InChI is InChI=1S/C19H18N4O2/c1-13(14-6-8-16(9-7-14)23-12-20-11-21-23)22-19(24)18-10-15-4-2-3-5-17(15)25-18/h2-9,11-13,18H,10H2,1H3,(H,22,24)/t13-,18-/m1/s1. The van der Waals surface area contributed by atoms with E-state index >= 15 is 0 Å². The summed E-state index contributed by atoms with van der Waals surface area (Å²) in [7, 11) is 0. The van der Waals surface area contributed by atoms with Gasteiger partial charge in [0, 0.05) is 6.42 Å². The van der Waals surface area contributed by atoms with Crippen molar-refractivity contribution in [2.75, 3.05) is 0 Å². The lowest BCUT2D eigenvalue weighted by Crippen LogP contribution is -2.38. The van der Waals surface area contributed by atoms with Gasteiger partial charge in [-0.1, -0.05) is 30.3 Å². The molecule has 0 radical (unpaired) electrons. The lowest BCUT2D eigenvalue weighted by Gasteiger charge is -2.17. The molecular formula is C19H18N4O2. The number of nitrogens with one attached hydrogen (secondary N) is 1. The van der Waals surface area contributed by atoms with E-state index in [4.69, 9.17) is 4.74 Å². The van der Waals surface area contributed by atoms with E-state index in [0.29, 0.717) is 6.42 Å². The molecule has 25 heavy (non-hydrogen) atoms. The van der Waals surface area contributed by atoms with Gasteiger partial charge in [-0.3, -0.25) is 4.79 Å². The van der Waals surface area contributed by atoms with E-state index in [1.54, 1.807) is 11.0 Å². The maximum absolute atomic E-state index is 12.5. The molecule has 6 nitrogen and oxygen atoms in total. The maximum Gasteiger partial charge on any atom is 0.261 e. The van der Waals surface area contributed by atoms with E-state index in [2.05, 4.69) is 15.4 Å². The highest BCUT2D eigenvalue weighted by Crippen LogP contribution is 2.28. The molecule has 0 saturated carbocycles. The molecule has 4 rings (SSSR count). The van der Waals surface area contributed by atoms with E-state index < -0.39 is 6.10 Å². The third kappa shape index (κ3) is 3.10. The number of benzene rings is 2. The number of fused-ring (bicyclic) bond motifs is 1. The highest BCUT2D eigenvalue weighted by molar-refractivity contribution is 5.82. The second-order valence-corrected chi connectivity index (χ2v) is 6.08. The first-order valence-corrected chi connectivity index (χ1v) is 8.20. The van der Waals surface area contributed by atoms with Crippen LogP contribution in [-0.2, 0) is 11.2 Å². The molecule has 0 fully saturated rings. The molecule has 0 bridgehead atoms. The number of ether oxygens (including phenoxy) is 1. The quantitative estimate of drug-likeness (QED) is 0.796. The maximum atomic E-state index is 12.5. The highest BCUT2D eigenvalue weighted by atomic mass is 16.5. The first-order chi connectivity index (χ1) is 12.2. The fraction of sp³-hybridized carbons (Fsp3) is 0.211. The lowest BCUT2D eigenvalue weighted by atomic mass is 10.1. The number of nitrogens with zero attached hydrogens (tertiary/aromatic N) is 3. The van der Waals surface area contributed by atoms with Crippen molar-refractivity contribution in [3.8, 4) is 11.4 Å². The molecule has 1 aromatic heterocycles. The van der Waals surface area contributed by atoms with Crippen molar-refractivity contribution in [2.24, 2.45) is 0 Å². The van der Waals surface area contributed by atoms with Crippen LogP contribution in [0.2, 0.25) is 0 Å². The van der Waals surface area contributed by atoms with Crippen LogP contribution in [0.3, 0.4) is 0 Å². The van der Waals surface area contributed by atoms with Gasteiger partial charge in [0.25, 0.3) is 5.91 Å². The van der Waals surface area contributed by atoms with Crippen molar-refractivity contribution < 1.29 is 9.53 Å². The molecule has 2 atom stereocenters. The highest BCUT2D eigenvalue weighted by Gasteiger charge is 2.29. The largest absolute Gasteiger partial charge is 0.480 e. The van der Waals surface area contributed by atoms with E-state index in [0.717, 1.165) is 22.6 Å². The van der Waals surface area contributed by atoms with E-state index in [1.165, 1.54) is 6.33 Å². The average molecular weight is 334 g/mol. The molecule has 6 heteroatoms. The zero-order valence-corrected chi connectivity index (χ0v) is 13.8.